The van der Waals surface area contributed by atoms with Crippen molar-refractivity contribution in [1.82, 2.24) is 5.32 Å². The SMILES string of the molecule is CCNC(CCCS(C)(=O)=O)c1ccc(C)c(OC)c1. The summed E-state index contributed by atoms with van der Waals surface area (Å²) in [5.74, 6) is 1.10. The van der Waals surface area contributed by atoms with E-state index in [4.69, 9.17) is 4.74 Å². The lowest BCUT2D eigenvalue weighted by atomic mass is 10.0. The Morgan fingerprint density at radius 2 is 2.05 bits per heavy atom. The molecule has 0 aliphatic rings. The van der Waals surface area contributed by atoms with Gasteiger partial charge in [0, 0.05) is 18.1 Å². The van der Waals surface area contributed by atoms with Crippen LogP contribution in [-0.4, -0.2) is 34.1 Å². The monoisotopic (exact) mass is 299 g/mol. The number of benzene rings is 1. The van der Waals surface area contributed by atoms with Crippen molar-refractivity contribution in [2.24, 2.45) is 0 Å². The van der Waals surface area contributed by atoms with Crippen LogP contribution in [0.3, 0.4) is 0 Å². The number of rotatable bonds is 8. The molecule has 1 aromatic carbocycles. The summed E-state index contributed by atoms with van der Waals surface area (Å²) in [5.41, 5.74) is 2.24. The van der Waals surface area contributed by atoms with E-state index in [2.05, 4.69) is 18.3 Å². The lowest BCUT2D eigenvalue weighted by Crippen LogP contribution is -2.21. The minimum atomic E-state index is -2.89. The van der Waals surface area contributed by atoms with Gasteiger partial charge in [-0.2, -0.15) is 0 Å². The number of ether oxygens (including phenoxy) is 1. The third kappa shape index (κ3) is 5.51. The summed E-state index contributed by atoms with van der Waals surface area (Å²) < 4.78 is 27.8. The number of sulfone groups is 1. The summed E-state index contributed by atoms with van der Waals surface area (Å²) >= 11 is 0. The number of nitrogens with one attached hydrogen (secondary N) is 1. The quantitative estimate of drug-likeness (QED) is 0.801. The fraction of sp³-hybridized carbons (Fsp3) is 0.600. The van der Waals surface area contributed by atoms with Crippen molar-refractivity contribution >= 4 is 9.84 Å². The molecule has 1 unspecified atom stereocenters. The third-order valence-corrected chi connectivity index (χ3v) is 4.32. The number of aryl methyl sites for hydroxylation is 1. The maximum Gasteiger partial charge on any atom is 0.147 e. The molecule has 0 aliphatic heterocycles. The van der Waals surface area contributed by atoms with E-state index in [1.807, 2.05) is 19.1 Å². The molecule has 0 spiro atoms. The van der Waals surface area contributed by atoms with Gasteiger partial charge in [0.2, 0.25) is 0 Å². The van der Waals surface area contributed by atoms with Gasteiger partial charge in [-0.25, -0.2) is 8.42 Å². The van der Waals surface area contributed by atoms with E-state index >= 15 is 0 Å². The van der Waals surface area contributed by atoms with E-state index in [1.165, 1.54) is 6.26 Å². The Morgan fingerprint density at radius 1 is 1.35 bits per heavy atom. The third-order valence-electron chi connectivity index (χ3n) is 3.29. The van der Waals surface area contributed by atoms with Crippen LogP contribution in [0.5, 0.6) is 5.75 Å². The normalized spacial score (nSPS) is 13.2. The summed E-state index contributed by atoms with van der Waals surface area (Å²) in [4.78, 5) is 0. The second-order valence-electron chi connectivity index (χ2n) is 5.11. The fourth-order valence-electron chi connectivity index (χ4n) is 2.24. The summed E-state index contributed by atoms with van der Waals surface area (Å²) in [6.07, 6.45) is 2.74. The molecule has 114 valence electrons. The molecular formula is C15H25NO3S. The van der Waals surface area contributed by atoms with Gasteiger partial charge in [0.25, 0.3) is 0 Å². The van der Waals surface area contributed by atoms with E-state index < -0.39 is 9.84 Å². The van der Waals surface area contributed by atoms with E-state index in [1.54, 1.807) is 7.11 Å². The molecule has 0 aliphatic carbocycles. The van der Waals surface area contributed by atoms with Crippen LogP contribution in [0.1, 0.15) is 36.9 Å². The van der Waals surface area contributed by atoms with Crippen LogP contribution >= 0.6 is 0 Å². The largest absolute Gasteiger partial charge is 0.496 e. The highest BCUT2D eigenvalue weighted by atomic mass is 32.2. The van der Waals surface area contributed by atoms with Crippen LogP contribution in [0.15, 0.2) is 18.2 Å². The minimum Gasteiger partial charge on any atom is -0.496 e. The van der Waals surface area contributed by atoms with Gasteiger partial charge in [-0.15, -0.1) is 0 Å². The number of hydrogen-bond donors (Lipinski definition) is 1. The fourth-order valence-corrected chi connectivity index (χ4v) is 2.93. The molecular weight excluding hydrogens is 274 g/mol. The van der Waals surface area contributed by atoms with E-state index in [0.717, 1.165) is 29.8 Å². The van der Waals surface area contributed by atoms with Crippen molar-refractivity contribution < 1.29 is 13.2 Å². The summed E-state index contributed by atoms with van der Waals surface area (Å²) in [7, 11) is -1.22. The van der Waals surface area contributed by atoms with Crippen LogP contribution in [0.2, 0.25) is 0 Å². The molecule has 0 bridgehead atoms. The maximum absolute atomic E-state index is 11.2. The van der Waals surface area contributed by atoms with Gasteiger partial charge in [0.05, 0.1) is 7.11 Å². The molecule has 1 rings (SSSR count). The highest BCUT2D eigenvalue weighted by Gasteiger charge is 2.13. The predicted molar refractivity (Wildman–Crippen MR) is 83.1 cm³/mol. The van der Waals surface area contributed by atoms with Crippen LogP contribution in [0.25, 0.3) is 0 Å². The van der Waals surface area contributed by atoms with Crippen molar-refractivity contribution in [3.05, 3.63) is 29.3 Å². The van der Waals surface area contributed by atoms with Gasteiger partial charge in [0.1, 0.15) is 15.6 Å². The number of methoxy groups -OCH3 is 1. The van der Waals surface area contributed by atoms with Gasteiger partial charge in [-0.1, -0.05) is 19.1 Å². The maximum atomic E-state index is 11.2. The first-order valence-corrected chi connectivity index (χ1v) is 8.99. The lowest BCUT2D eigenvalue weighted by molar-refractivity contribution is 0.409. The summed E-state index contributed by atoms with van der Waals surface area (Å²) in [6, 6.07) is 6.31. The first-order chi connectivity index (χ1) is 9.37. The zero-order valence-electron chi connectivity index (χ0n) is 12.8. The molecule has 1 atom stereocenters. The lowest BCUT2D eigenvalue weighted by Gasteiger charge is -2.19. The second kappa shape index (κ2) is 7.64. The Bertz CT molecular complexity index is 526. The van der Waals surface area contributed by atoms with E-state index in [-0.39, 0.29) is 11.8 Å². The average Bonchev–Trinajstić information content (AvgIpc) is 2.37. The Kier molecular flexibility index (Phi) is 6.49. The molecule has 0 aromatic heterocycles. The molecule has 0 fully saturated rings. The first kappa shape index (κ1) is 17.0. The molecule has 0 radical (unpaired) electrons. The zero-order valence-corrected chi connectivity index (χ0v) is 13.6. The zero-order chi connectivity index (χ0) is 15.2. The molecule has 0 saturated heterocycles. The van der Waals surface area contributed by atoms with Crippen LogP contribution in [0.4, 0.5) is 0 Å². The molecule has 4 nitrogen and oxygen atoms in total. The molecule has 0 heterocycles. The van der Waals surface area contributed by atoms with Crippen molar-refractivity contribution in [1.29, 1.82) is 0 Å². The Labute approximate surface area is 122 Å². The average molecular weight is 299 g/mol. The van der Waals surface area contributed by atoms with Crippen molar-refractivity contribution in [2.75, 3.05) is 25.7 Å². The van der Waals surface area contributed by atoms with Crippen molar-refractivity contribution in [3.8, 4) is 5.75 Å². The second-order valence-corrected chi connectivity index (χ2v) is 7.37. The predicted octanol–water partition coefficient (Wildman–Crippen LogP) is 2.48. The van der Waals surface area contributed by atoms with Gasteiger partial charge in [-0.05, 0) is 43.5 Å². The first-order valence-electron chi connectivity index (χ1n) is 6.93. The molecule has 0 amide bonds. The highest BCUT2D eigenvalue weighted by molar-refractivity contribution is 7.90. The summed E-state index contributed by atoms with van der Waals surface area (Å²) in [5, 5.41) is 3.41. The van der Waals surface area contributed by atoms with Crippen LogP contribution in [0, 0.1) is 6.92 Å². The summed E-state index contributed by atoms with van der Waals surface area (Å²) in [6.45, 7) is 4.91. The van der Waals surface area contributed by atoms with Gasteiger partial charge < -0.3 is 10.1 Å². The van der Waals surface area contributed by atoms with E-state index in [0.29, 0.717) is 6.42 Å². The topological polar surface area (TPSA) is 55.4 Å². The molecule has 1 N–H and O–H groups in total. The Hall–Kier alpha value is -1.07. The molecule has 5 heteroatoms. The smallest absolute Gasteiger partial charge is 0.147 e. The standard InChI is InChI=1S/C15H25NO3S/c1-5-16-14(7-6-10-20(4,17)18)13-9-8-12(2)15(11-13)19-3/h8-9,11,14,16H,5-7,10H2,1-4H3. The van der Waals surface area contributed by atoms with Gasteiger partial charge >= 0.3 is 0 Å². The van der Waals surface area contributed by atoms with Crippen molar-refractivity contribution in [2.45, 2.75) is 32.7 Å². The molecule has 1 aromatic rings. The van der Waals surface area contributed by atoms with E-state index in [9.17, 15) is 8.42 Å². The molecule has 20 heavy (non-hydrogen) atoms. The van der Waals surface area contributed by atoms with Gasteiger partial charge in [0.15, 0.2) is 0 Å². The molecule has 0 saturated carbocycles. The highest BCUT2D eigenvalue weighted by Crippen LogP contribution is 2.25. The van der Waals surface area contributed by atoms with Crippen LogP contribution in [-0.2, 0) is 9.84 Å². The van der Waals surface area contributed by atoms with Crippen LogP contribution < -0.4 is 10.1 Å². The minimum absolute atomic E-state index is 0.163. The van der Waals surface area contributed by atoms with Gasteiger partial charge in [-0.3, -0.25) is 0 Å². The Morgan fingerprint density at radius 3 is 2.60 bits per heavy atom. The Balaban J connectivity index is 2.79. The number of hydrogen-bond acceptors (Lipinski definition) is 4. The van der Waals surface area contributed by atoms with Crippen molar-refractivity contribution in [3.63, 3.8) is 0 Å².